The van der Waals surface area contributed by atoms with Crippen LogP contribution in [0.4, 0.5) is 0 Å². The van der Waals surface area contributed by atoms with Crippen molar-refractivity contribution < 1.29 is 29.3 Å². The second kappa shape index (κ2) is 7.31. The van der Waals surface area contributed by atoms with Crippen molar-refractivity contribution in [2.24, 2.45) is 0 Å². The molecular weight excluding hydrogens is 300 g/mol. The minimum Gasteiger partial charge on any atom is -0.490 e. The van der Waals surface area contributed by atoms with Gasteiger partial charge in [-0.1, -0.05) is 17.7 Å². The van der Waals surface area contributed by atoms with Crippen LogP contribution in [0, 0.1) is 6.92 Å². The van der Waals surface area contributed by atoms with Crippen LogP contribution in [0.3, 0.4) is 0 Å². The Bertz CT molecular complexity index is 706. The van der Waals surface area contributed by atoms with Crippen molar-refractivity contribution >= 4 is 11.9 Å². The lowest BCUT2D eigenvalue weighted by Crippen LogP contribution is -2.11. The maximum absolute atomic E-state index is 11.1. The molecule has 2 aromatic carbocycles. The van der Waals surface area contributed by atoms with Crippen LogP contribution in [-0.2, 0) is 0 Å². The molecule has 0 amide bonds. The average Bonchev–Trinajstić information content (AvgIpc) is 2.53. The zero-order valence-corrected chi connectivity index (χ0v) is 12.5. The maximum atomic E-state index is 11.1. The molecule has 6 heteroatoms. The lowest BCUT2D eigenvalue weighted by Gasteiger charge is -2.10. The maximum Gasteiger partial charge on any atom is 0.336 e. The Kier molecular flexibility index (Phi) is 5.19. The molecule has 2 aromatic rings. The summed E-state index contributed by atoms with van der Waals surface area (Å²) in [4.78, 5) is 22.0. The Hall–Kier alpha value is -3.02. The standard InChI is InChI=1S/C17H16O6/c1-11-2-4-12(5-3-11)22-8-9-23-13-6-7-14(16(18)19)15(10-13)17(20)21/h2-7,10H,8-9H2,1H3,(H,18,19)(H,20,21). The van der Waals surface area contributed by atoms with Crippen LogP contribution in [0.15, 0.2) is 42.5 Å². The second-order valence-electron chi connectivity index (χ2n) is 4.83. The van der Waals surface area contributed by atoms with Crippen molar-refractivity contribution in [2.75, 3.05) is 13.2 Å². The molecule has 0 heterocycles. The average molecular weight is 316 g/mol. The molecule has 23 heavy (non-hydrogen) atoms. The fraction of sp³-hybridized carbons (Fsp3) is 0.176. The molecule has 0 aliphatic heterocycles. The van der Waals surface area contributed by atoms with Crippen LogP contribution in [-0.4, -0.2) is 35.4 Å². The first kappa shape index (κ1) is 16.4. The molecule has 6 nitrogen and oxygen atoms in total. The minimum absolute atomic E-state index is 0.208. The van der Waals surface area contributed by atoms with Crippen LogP contribution in [0.1, 0.15) is 26.3 Å². The van der Waals surface area contributed by atoms with Gasteiger partial charge in [-0.2, -0.15) is 0 Å². The molecule has 0 aliphatic carbocycles. The summed E-state index contributed by atoms with van der Waals surface area (Å²) in [7, 11) is 0. The Labute approximate surface area is 132 Å². The van der Waals surface area contributed by atoms with E-state index in [9.17, 15) is 9.59 Å². The third-order valence-electron chi connectivity index (χ3n) is 3.09. The van der Waals surface area contributed by atoms with Gasteiger partial charge in [0.2, 0.25) is 0 Å². The molecule has 0 saturated carbocycles. The van der Waals surface area contributed by atoms with E-state index in [1.165, 1.54) is 18.2 Å². The highest BCUT2D eigenvalue weighted by molar-refractivity contribution is 6.01. The first-order chi connectivity index (χ1) is 11.0. The number of carbonyl (C=O) groups is 2. The highest BCUT2D eigenvalue weighted by Crippen LogP contribution is 2.18. The molecule has 0 saturated heterocycles. The van der Waals surface area contributed by atoms with Crippen molar-refractivity contribution in [1.29, 1.82) is 0 Å². The molecule has 120 valence electrons. The Morgan fingerprint density at radius 1 is 0.826 bits per heavy atom. The van der Waals surface area contributed by atoms with Gasteiger partial charge in [0, 0.05) is 0 Å². The molecule has 0 fully saturated rings. The number of ether oxygens (including phenoxy) is 2. The molecule has 2 rings (SSSR count). The van der Waals surface area contributed by atoms with Gasteiger partial charge in [0.25, 0.3) is 0 Å². The fourth-order valence-electron chi connectivity index (χ4n) is 1.93. The van der Waals surface area contributed by atoms with Gasteiger partial charge in [-0.3, -0.25) is 0 Å². The summed E-state index contributed by atoms with van der Waals surface area (Å²) in [6.45, 7) is 2.47. The topological polar surface area (TPSA) is 93.1 Å². The Morgan fingerprint density at radius 3 is 1.91 bits per heavy atom. The molecule has 0 atom stereocenters. The lowest BCUT2D eigenvalue weighted by atomic mass is 10.1. The van der Waals surface area contributed by atoms with Crippen LogP contribution in [0.5, 0.6) is 11.5 Å². The van der Waals surface area contributed by atoms with E-state index in [-0.39, 0.29) is 30.1 Å². The number of rotatable bonds is 7. The molecule has 0 aliphatic rings. The number of aryl methyl sites for hydroxylation is 1. The van der Waals surface area contributed by atoms with Crippen molar-refractivity contribution in [3.05, 3.63) is 59.2 Å². The molecule has 0 aromatic heterocycles. The highest BCUT2D eigenvalue weighted by atomic mass is 16.5. The molecule has 0 unspecified atom stereocenters. The smallest absolute Gasteiger partial charge is 0.336 e. The molecule has 2 N–H and O–H groups in total. The van der Waals surface area contributed by atoms with Crippen LogP contribution >= 0.6 is 0 Å². The van der Waals surface area contributed by atoms with Crippen molar-refractivity contribution in [2.45, 2.75) is 6.92 Å². The van der Waals surface area contributed by atoms with Gasteiger partial charge in [-0.25, -0.2) is 9.59 Å². The number of hydrogen-bond acceptors (Lipinski definition) is 4. The summed E-state index contributed by atoms with van der Waals surface area (Å²) >= 11 is 0. The van der Waals surface area contributed by atoms with E-state index in [1.54, 1.807) is 0 Å². The summed E-state index contributed by atoms with van der Waals surface area (Å²) in [5.74, 6) is -1.62. The van der Waals surface area contributed by atoms with E-state index in [2.05, 4.69) is 0 Å². The first-order valence-corrected chi connectivity index (χ1v) is 6.90. The molecule has 0 spiro atoms. The van der Waals surface area contributed by atoms with E-state index in [1.807, 2.05) is 31.2 Å². The van der Waals surface area contributed by atoms with E-state index >= 15 is 0 Å². The van der Waals surface area contributed by atoms with Crippen LogP contribution in [0.25, 0.3) is 0 Å². The number of carboxylic acid groups (broad SMARTS) is 2. The monoisotopic (exact) mass is 316 g/mol. The summed E-state index contributed by atoms with van der Waals surface area (Å²) in [6, 6.07) is 11.4. The van der Waals surface area contributed by atoms with E-state index in [0.717, 1.165) is 5.56 Å². The predicted octanol–water partition coefficient (Wildman–Crippen LogP) is 2.85. The normalized spacial score (nSPS) is 10.1. The van der Waals surface area contributed by atoms with Gasteiger partial charge >= 0.3 is 11.9 Å². The first-order valence-electron chi connectivity index (χ1n) is 6.90. The fourth-order valence-corrected chi connectivity index (χ4v) is 1.93. The number of carboxylic acids is 2. The van der Waals surface area contributed by atoms with Gasteiger partial charge in [0.1, 0.15) is 24.7 Å². The zero-order chi connectivity index (χ0) is 16.8. The van der Waals surface area contributed by atoms with Gasteiger partial charge in [0.15, 0.2) is 0 Å². The van der Waals surface area contributed by atoms with Crippen molar-refractivity contribution in [1.82, 2.24) is 0 Å². The van der Waals surface area contributed by atoms with E-state index in [4.69, 9.17) is 19.7 Å². The predicted molar refractivity (Wildman–Crippen MR) is 82.5 cm³/mol. The number of hydrogen-bond donors (Lipinski definition) is 2. The Morgan fingerprint density at radius 2 is 1.35 bits per heavy atom. The SMILES string of the molecule is Cc1ccc(OCCOc2ccc(C(=O)O)c(C(=O)O)c2)cc1. The highest BCUT2D eigenvalue weighted by Gasteiger charge is 2.16. The zero-order valence-electron chi connectivity index (χ0n) is 12.5. The van der Waals surface area contributed by atoms with Crippen molar-refractivity contribution in [3.8, 4) is 11.5 Å². The lowest BCUT2D eigenvalue weighted by molar-refractivity contribution is 0.0651. The number of aromatic carboxylic acids is 2. The van der Waals surface area contributed by atoms with E-state index < -0.39 is 11.9 Å². The van der Waals surface area contributed by atoms with Crippen LogP contribution < -0.4 is 9.47 Å². The second-order valence-corrected chi connectivity index (χ2v) is 4.83. The van der Waals surface area contributed by atoms with Gasteiger partial charge in [-0.15, -0.1) is 0 Å². The van der Waals surface area contributed by atoms with Crippen molar-refractivity contribution in [3.63, 3.8) is 0 Å². The Balaban J connectivity index is 1.93. The van der Waals surface area contributed by atoms with Gasteiger partial charge < -0.3 is 19.7 Å². The summed E-state index contributed by atoms with van der Waals surface area (Å²) in [5, 5.41) is 18.0. The summed E-state index contributed by atoms with van der Waals surface area (Å²) < 4.78 is 10.9. The summed E-state index contributed by atoms with van der Waals surface area (Å²) in [5.41, 5.74) is 0.545. The largest absolute Gasteiger partial charge is 0.490 e. The minimum atomic E-state index is -1.32. The van der Waals surface area contributed by atoms with Gasteiger partial charge in [0.05, 0.1) is 11.1 Å². The third kappa shape index (κ3) is 4.47. The van der Waals surface area contributed by atoms with E-state index in [0.29, 0.717) is 5.75 Å². The molecule has 0 radical (unpaired) electrons. The molecular formula is C17H16O6. The van der Waals surface area contributed by atoms with Crippen LogP contribution in [0.2, 0.25) is 0 Å². The summed E-state index contributed by atoms with van der Waals surface area (Å²) in [6.07, 6.45) is 0. The van der Waals surface area contributed by atoms with Gasteiger partial charge in [-0.05, 0) is 37.3 Å². The third-order valence-corrected chi connectivity index (χ3v) is 3.09. The molecule has 0 bridgehead atoms. The number of benzene rings is 2. The quantitative estimate of drug-likeness (QED) is 0.763.